The third-order valence-electron chi connectivity index (χ3n) is 9.59. The molecule has 0 saturated heterocycles. The standard InChI is InChI=1S/C47H83O9P/c1-3-5-7-9-11-12-13-14-15-16-17-18-19-20-21-22-23-24-29-33-37-41-47(50)56-45(43-55-57(51,52)53)42-54-46(49)40-36-32-28-26-25-27-31-35-39-44(48)38-34-30-10-8-6-4-2/h14-15,26-28,30-31,34-35,39,44-45,48H,3-13,16-25,29,32-33,36-38,40-43H2,1-2H3,(H2,51,52,53)/b15-14-,28-26-,31-27-,34-30-,39-35+/t44-,45-/m1/s1. The summed E-state index contributed by atoms with van der Waals surface area (Å²) in [5.74, 6) is -0.989. The molecule has 0 aliphatic heterocycles. The number of phosphoric ester groups is 1. The van der Waals surface area contributed by atoms with Gasteiger partial charge in [-0.3, -0.25) is 14.1 Å². The monoisotopic (exact) mass is 823 g/mol. The highest BCUT2D eigenvalue weighted by atomic mass is 31.2. The van der Waals surface area contributed by atoms with Crippen molar-refractivity contribution in [3.63, 3.8) is 0 Å². The van der Waals surface area contributed by atoms with Crippen molar-refractivity contribution in [2.45, 2.75) is 212 Å². The maximum Gasteiger partial charge on any atom is 0.469 e. The maximum absolute atomic E-state index is 12.4. The highest BCUT2D eigenvalue weighted by Crippen LogP contribution is 2.36. The first-order valence-electron chi connectivity index (χ1n) is 22.7. The molecule has 10 heteroatoms. The molecule has 0 heterocycles. The summed E-state index contributed by atoms with van der Waals surface area (Å²) in [6.45, 7) is 3.54. The van der Waals surface area contributed by atoms with Crippen molar-refractivity contribution in [3.8, 4) is 0 Å². The van der Waals surface area contributed by atoms with E-state index in [0.717, 1.165) is 32.1 Å². The molecule has 0 unspecified atom stereocenters. The molecule has 0 aliphatic rings. The van der Waals surface area contributed by atoms with E-state index in [1.807, 2.05) is 36.5 Å². The summed E-state index contributed by atoms with van der Waals surface area (Å²) in [5.41, 5.74) is 0. The molecule has 2 atom stereocenters. The minimum atomic E-state index is -4.78. The number of ether oxygens (including phenoxy) is 2. The normalized spacial score (nSPS) is 13.6. The molecular weight excluding hydrogens is 739 g/mol. The van der Waals surface area contributed by atoms with Crippen molar-refractivity contribution < 1.29 is 43.0 Å². The molecule has 0 fully saturated rings. The second-order valence-electron chi connectivity index (χ2n) is 15.2. The molecule has 0 amide bonds. The summed E-state index contributed by atoms with van der Waals surface area (Å²) in [4.78, 5) is 42.9. The van der Waals surface area contributed by atoms with Gasteiger partial charge in [-0.1, -0.05) is 177 Å². The van der Waals surface area contributed by atoms with Gasteiger partial charge >= 0.3 is 19.8 Å². The summed E-state index contributed by atoms with van der Waals surface area (Å²) < 4.78 is 26.4. The van der Waals surface area contributed by atoms with Gasteiger partial charge in [-0.05, 0) is 70.6 Å². The Balaban J connectivity index is 4.01. The van der Waals surface area contributed by atoms with Gasteiger partial charge in [0.15, 0.2) is 6.10 Å². The summed E-state index contributed by atoms with van der Waals surface area (Å²) >= 11 is 0. The number of rotatable bonds is 41. The Morgan fingerprint density at radius 1 is 0.544 bits per heavy atom. The Bertz CT molecular complexity index is 1120. The lowest BCUT2D eigenvalue weighted by molar-refractivity contribution is -0.161. The smallest absolute Gasteiger partial charge is 0.462 e. The van der Waals surface area contributed by atoms with Gasteiger partial charge in [0.1, 0.15) is 6.61 Å². The van der Waals surface area contributed by atoms with E-state index in [0.29, 0.717) is 25.7 Å². The molecule has 0 aromatic rings. The fourth-order valence-electron chi connectivity index (χ4n) is 6.15. The zero-order valence-electron chi connectivity index (χ0n) is 36.1. The average molecular weight is 823 g/mol. The summed E-state index contributed by atoms with van der Waals surface area (Å²) in [6.07, 6.45) is 49.8. The Kier molecular flexibility index (Phi) is 40.2. The highest BCUT2D eigenvalue weighted by molar-refractivity contribution is 7.46. The van der Waals surface area contributed by atoms with Crippen LogP contribution in [0.1, 0.15) is 200 Å². The third-order valence-corrected chi connectivity index (χ3v) is 10.1. The predicted octanol–water partition coefficient (Wildman–Crippen LogP) is 13.0. The molecule has 57 heavy (non-hydrogen) atoms. The molecule has 3 N–H and O–H groups in total. The van der Waals surface area contributed by atoms with Crippen molar-refractivity contribution in [2.24, 2.45) is 0 Å². The van der Waals surface area contributed by atoms with E-state index >= 15 is 0 Å². The topological polar surface area (TPSA) is 140 Å². The number of unbranched alkanes of at least 4 members (excludes halogenated alkanes) is 21. The number of hydrogen-bond acceptors (Lipinski definition) is 7. The van der Waals surface area contributed by atoms with Gasteiger partial charge in [-0.25, -0.2) is 4.57 Å². The molecule has 0 spiro atoms. The number of esters is 2. The molecule has 9 nitrogen and oxygen atoms in total. The van der Waals surface area contributed by atoms with Gasteiger partial charge in [0.05, 0.1) is 12.7 Å². The van der Waals surface area contributed by atoms with Crippen molar-refractivity contribution in [1.29, 1.82) is 0 Å². The SMILES string of the molecule is CCCCC/C=C\C[C@@H](O)/C=C/C=C\C/C=C\CCCC(=O)OC[C@H](COP(=O)(O)O)OC(=O)CCCCCCCCCCCCC/C=C\CCCCCCCC. The highest BCUT2D eigenvalue weighted by Gasteiger charge is 2.22. The van der Waals surface area contributed by atoms with Crippen LogP contribution in [0.15, 0.2) is 60.8 Å². The van der Waals surface area contributed by atoms with Crippen LogP contribution in [-0.2, 0) is 28.2 Å². The lowest BCUT2D eigenvalue weighted by Crippen LogP contribution is -2.29. The Morgan fingerprint density at radius 2 is 1.02 bits per heavy atom. The van der Waals surface area contributed by atoms with Crippen LogP contribution in [0.4, 0.5) is 0 Å². The molecule has 0 radical (unpaired) electrons. The van der Waals surface area contributed by atoms with E-state index in [4.69, 9.17) is 19.3 Å². The number of allylic oxidation sites excluding steroid dienone is 8. The lowest BCUT2D eigenvalue weighted by atomic mass is 10.0. The van der Waals surface area contributed by atoms with E-state index in [9.17, 15) is 19.3 Å². The molecule has 0 saturated carbocycles. The zero-order chi connectivity index (χ0) is 41.9. The van der Waals surface area contributed by atoms with Crippen LogP contribution < -0.4 is 0 Å². The number of carbonyl (C=O) groups excluding carboxylic acids is 2. The summed E-state index contributed by atoms with van der Waals surface area (Å²) in [6, 6.07) is 0. The predicted molar refractivity (Wildman–Crippen MR) is 236 cm³/mol. The van der Waals surface area contributed by atoms with Gasteiger partial charge in [0, 0.05) is 12.8 Å². The van der Waals surface area contributed by atoms with Crippen molar-refractivity contribution >= 4 is 19.8 Å². The van der Waals surface area contributed by atoms with Gasteiger partial charge in [0.2, 0.25) is 0 Å². The Hall–Kier alpha value is -2.29. The van der Waals surface area contributed by atoms with Crippen LogP contribution >= 0.6 is 7.82 Å². The first-order chi connectivity index (χ1) is 27.7. The van der Waals surface area contributed by atoms with Crippen LogP contribution in [-0.4, -0.2) is 52.3 Å². The molecule has 0 aromatic carbocycles. The summed E-state index contributed by atoms with van der Waals surface area (Å²) in [5, 5.41) is 10.0. The van der Waals surface area contributed by atoms with Gasteiger partial charge in [-0.2, -0.15) is 0 Å². The van der Waals surface area contributed by atoms with E-state index in [1.165, 1.54) is 116 Å². The average Bonchev–Trinajstić information content (AvgIpc) is 3.18. The zero-order valence-corrected chi connectivity index (χ0v) is 37.0. The number of aliphatic hydroxyl groups excluding tert-OH is 1. The van der Waals surface area contributed by atoms with E-state index in [-0.39, 0.29) is 19.4 Å². The van der Waals surface area contributed by atoms with Crippen LogP contribution in [0.2, 0.25) is 0 Å². The summed E-state index contributed by atoms with van der Waals surface area (Å²) in [7, 11) is -4.78. The van der Waals surface area contributed by atoms with E-state index in [2.05, 4.69) is 36.6 Å². The van der Waals surface area contributed by atoms with Crippen LogP contribution in [0, 0.1) is 0 Å². The third kappa shape index (κ3) is 44.7. The van der Waals surface area contributed by atoms with Gasteiger partial charge in [0.25, 0.3) is 0 Å². The molecule has 0 rings (SSSR count). The van der Waals surface area contributed by atoms with Crippen molar-refractivity contribution in [3.05, 3.63) is 60.8 Å². The van der Waals surface area contributed by atoms with Crippen molar-refractivity contribution in [2.75, 3.05) is 13.2 Å². The number of carbonyl (C=O) groups is 2. The molecule has 0 bridgehead atoms. The first kappa shape index (κ1) is 54.7. The minimum absolute atomic E-state index is 0.158. The lowest BCUT2D eigenvalue weighted by Gasteiger charge is -2.18. The Labute approximate surface area is 348 Å². The Morgan fingerprint density at radius 3 is 1.61 bits per heavy atom. The van der Waals surface area contributed by atoms with Gasteiger partial charge < -0.3 is 24.4 Å². The first-order valence-corrected chi connectivity index (χ1v) is 24.2. The molecule has 0 aromatic heterocycles. The molecule has 0 aliphatic carbocycles. The molecule has 330 valence electrons. The fraction of sp³-hybridized carbons (Fsp3) is 0.745. The number of aliphatic hydroxyl groups is 1. The van der Waals surface area contributed by atoms with Crippen LogP contribution in [0.25, 0.3) is 0 Å². The van der Waals surface area contributed by atoms with E-state index in [1.54, 1.807) is 6.08 Å². The number of hydrogen-bond donors (Lipinski definition) is 3. The molecular formula is C47H83O9P. The minimum Gasteiger partial charge on any atom is -0.462 e. The second kappa shape index (κ2) is 41.9. The number of phosphoric acid groups is 1. The maximum atomic E-state index is 12.4. The quantitative estimate of drug-likeness (QED) is 0.0181. The van der Waals surface area contributed by atoms with Crippen LogP contribution in [0.3, 0.4) is 0 Å². The largest absolute Gasteiger partial charge is 0.469 e. The van der Waals surface area contributed by atoms with Crippen LogP contribution in [0.5, 0.6) is 0 Å². The van der Waals surface area contributed by atoms with Crippen molar-refractivity contribution in [1.82, 2.24) is 0 Å². The fourth-order valence-corrected chi connectivity index (χ4v) is 6.51. The van der Waals surface area contributed by atoms with Gasteiger partial charge in [-0.15, -0.1) is 0 Å². The van der Waals surface area contributed by atoms with E-state index < -0.39 is 38.6 Å². The second-order valence-corrected chi connectivity index (χ2v) is 16.5.